The summed E-state index contributed by atoms with van der Waals surface area (Å²) in [5.74, 6) is 0.241. The monoisotopic (exact) mass is 381 g/mol. The molecule has 8 heteroatoms. The third kappa shape index (κ3) is 3.29. The zero-order valence-corrected chi connectivity index (χ0v) is 15.2. The van der Waals surface area contributed by atoms with Gasteiger partial charge in [0.25, 0.3) is 5.91 Å². The predicted molar refractivity (Wildman–Crippen MR) is 103 cm³/mol. The van der Waals surface area contributed by atoms with E-state index in [1.165, 1.54) is 4.68 Å². The molecule has 3 aromatic rings. The molecule has 0 spiro atoms. The van der Waals surface area contributed by atoms with Crippen LogP contribution in [-0.4, -0.2) is 26.6 Å². The van der Waals surface area contributed by atoms with Crippen molar-refractivity contribution in [2.24, 2.45) is 0 Å². The van der Waals surface area contributed by atoms with Crippen LogP contribution in [0, 0.1) is 6.92 Å². The van der Waals surface area contributed by atoms with E-state index in [-0.39, 0.29) is 18.2 Å². The number of rotatable bonds is 4. The highest BCUT2D eigenvalue weighted by molar-refractivity contribution is 6.31. The molecular weight excluding hydrogens is 366 g/mol. The number of anilines is 2. The number of fused-ring (bicyclic) bond motifs is 1. The number of nitrogens with zero attached hydrogens (tertiary/aromatic N) is 3. The Morgan fingerprint density at radius 2 is 2.00 bits per heavy atom. The molecule has 0 bridgehead atoms. The van der Waals surface area contributed by atoms with Gasteiger partial charge >= 0.3 is 0 Å². The second kappa shape index (κ2) is 6.85. The van der Waals surface area contributed by atoms with Crippen LogP contribution in [-0.2, 0) is 9.59 Å². The van der Waals surface area contributed by atoms with Crippen LogP contribution in [0.3, 0.4) is 0 Å². The molecule has 0 unspecified atom stereocenters. The number of hydrogen-bond donors (Lipinski definition) is 2. The first-order valence-corrected chi connectivity index (χ1v) is 8.78. The Balaban J connectivity index is 1.53. The van der Waals surface area contributed by atoms with E-state index < -0.39 is 6.04 Å². The van der Waals surface area contributed by atoms with E-state index in [2.05, 4.69) is 20.7 Å². The van der Waals surface area contributed by atoms with Gasteiger partial charge in [0.05, 0.1) is 6.42 Å². The summed E-state index contributed by atoms with van der Waals surface area (Å²) >= 11 is 6.08. The van der Waals surface area contributed by atoms with E-state index in [4.69, 9.17) is 11.6 Å². The van der Waals surface area contributed by atoms with Crippen LogP contribution >= 0.6 is 11.6 Å². The Morgan fingerprint density at radius 3 is 2.78 bits per heavy atom. The molecule has 1 atom stereocenters. The molecular formula is C19H16ClN5O2. The molecule has 136 valence electrons. The van der Waals surface area contributed by atoms with Crippen molar-refractivity contribution >= 4 is 35.1 Å². The van der Waals surface area contributed by atoms with E-state index in [1.807, 2.05) is 37.3 Å². The molecule has 4 rings (SSSR count). The summed E-state index contributed by atoms with van der Waals surface area (Å²) in [6.07, 6.45) is -0.0532. The summed E-state index contributed by atoms with van der Waals surface area (Å²) in [5, 5.41) is 10.5. The highest BCUT2D eigenvalue weighted by Gasteiger charge is 2.35. The first kappa shape index (κ1) is 17.2. The molecule has 2 aromatic carbocycles. The van der Waals surface area contributed by atoms with Gasteiger partial charge in [0, 0.05) is 16.3 Å². The predicted octanol–water partition coefficient (Wildman–Crippen LogP) is 3.43. The quantitative estimate of drug-likeness (QED) is 0.724. The van der Waals surface area contributed by atoms with Gasteiger partial charge in [-0.15, -0.1) is 5.10 Å². The number of amides is 2. The molecule has 0 saturated heterocycles. The van der Waals surface area contributed by atoms with Gasteiger partial charge in [0.1, 0.15) is 6.04 Å². The Bertz CT molecular complexity index is 1030. The van der Waals surface area contributed by atoms with Crippen LogP contribution in [0.15, 0.2) is 48.5 Å². The van der Waals surface area contributed by atoms with Crippen LogP contribution in [0.1, 0.15) is 18.0 Å². The minimum atomic E-state index is -0.746. The second-order valence-corrected chi connectivity index (χ2v) is 6.65. The number of hydrogen-bond acceptors (Lipinski definition) is 4. The van der Waals surface area contributed by atoms with Crippen molar-refractivity contribution in [2.75, 3.05) is 10.6 Å². The van der Waals surface area contributed by atoms with Crippen molar-refractivity contribution in [1.82, 2.24) is 14.8 Å². The van der Waals surface area contributed by atoms with E-state index in [1.54, 1.807) is 18.2 Å². The van der Waals surface area contributed by atoms with Gasteiger partial charge < -0.3 is 5.32 Å². The standard InChI is InChI=1S/C19H16ClN5O2/c1-11-13(20)8-5-9-14(11)21-16(26)10-15-18(27)23-19-22-17(24-25(15)19)12-6-3-2-4-7-12/h2-9,15H,10H2,1H3,(H,21,26)(H,22,23,24,27)/t15-/m1/s1. The van der Waals surface area contributed by atoms with Gasteiger partial charge in [-0.25, -0.2) is 4.68 Å². The maximum atomic E-state index is 12.5. The number of aromatic nitrogens is 3. The van der Waals surface area contributed by atoms with Gasteiger partial charge in [0.15, 0.2) is 5.82 Å². The third-order valence-corrected chi connectivity index (χ3v) is 4.83. The zero-order chi connectivity index (χ0) is 19.0. The van der Waals surface area contributed by atoms with Crippen molar-refractivity contribution in [3.63, 3.8) is 0 Å². The van der Waals surface area contributed by atoms with Crippen molar-refractivity contribution in [2.45, 2.75) is 19.4 Å². The largest absolute Gasteiger partial charge is 0.326 e. The minimum absolute atomic E-state index is 0.0532. The minimum Gasteiger partial charge on any atom is -0.326 e. The number of carbonyl (C=O) groups excluding carboxylic acids is 2. The normalized spacial score (nSPS) is 15.3. The van der Waals surface area contributed by atoms with E-state index in [0.717, 1.165) is 11.1 Å². The number of carbonyl (C=O) groups is 2. The summed E-state index contributed by atoms with van der Waals surface area (Å²) in [4.78, 5) is 29.1. The summed E-state index contributed by atoms with van der Waals surface area (Å²) < 4.78 is 1.47. The topological polar surface area (TPSA) is 88.9 Å². The third-order valence-electron chi connectivity index (χ3n) is 4.42. The zero-order valence-electron chi connectivity index (χ0n) is 14.4. The lowest BCUT2D eigenvalue weighted by molar-refractivity contribution is -0.123. The molecule has 0 fully saturated rings. The molecule has 2 heterocycles. The average Bonchev–Trinajstić information content (AvgIpc) is 3.19. The lowest BCUT2D eigenvalue weighted by atomic mass is 10.1. The van der Waals surface area contributed by atoms with Crippen LogP contribution in [0.25, 0.3) is 11.4 Å². The van der Waals surface area contributed by atoms with Crippen molar-refractivity contribution in [3.05, 3.63) is 59.1 Å². The highest BCUT2D eigenvalue weighted by Crippen LogP contribution is 2.29. The van der Waals surface area contributed by atoms with Gasteiger partial charge in [-0.1, -0.05) is 48.0 Å². The fourth-order valence-electron chi connectivity index (χ4n) is 2.94. The molecule has 1 aliphatic heterocycles. The fourth-order valence-corrected chi connectivity index (χ4v) is 3.11. The van der Waals surface area contributed by atoms with Gasteiger partial charge in [-0.3, -0.25) is 14.9 Å². The molecule has 2 amide bonds. The first-order chi connectivity index (χ1) is 13.0. The molecule has 1 aliphatic rings. The van der Waals surface area contributed by atoms with Crippen molar-refractivity contribution < 1.29 is 9.59 Å². The molecule has 1 aromatic heterocycles. The van der Waals surface area contributed by atoms with E-state index in [9.17, 15) is 9.59 Å². The lowest BCUT2D eigenvalue weighted by Crippen LogP contribution is -2.24. The van der Waals surface area contributed by atoms with Gasteiger partial charge in [-0.2, -0.15) is 4.98 Å². The van der Waals surface area contributed by atoms with E-state index in [0.29, 0.717) is 22.5 Å². The van der Waals surface area contributed by atoms with Crippen LogP contribution in [0.2, 0.25) is 5.02 Å². The molecule has 27 heavy (non-hydrogen) atoms. The van der Waals surface area contributed by atoms with Crippen LogP contribution in [0.4, 0.5) is 11.6 Å². The SMILES string of the molecule is Cc1c(Cl)cccc1NC(=O)C[C@@H]1C(=O)Nc2nc(-c3ccccc3)nn21. The van der Waals surface area contributed by atoms with E-state index >= 15 is 0 Å². The Kier molecular flexibility index (Phi) is 4.37. The fraction of sp³-hybridized carbons (Fsp3) is 0.158. The van der Waals surface area contributed by atoms with Gasteiger partial charge in [-0.05, 0) is 24.6 Å². The average molecular weight is 382 g/mol. The molecule has 2 N–H and O–H groups in total. The second-order valence-electron chi connectivity index (χ2n) is 6.24. The van der Waals surface area contributed by atoms with Crippen LogP contribution < -0.4 is 10.6 Å². The molecule has 0 aliphatic carbocycles. The summed E-state index contributed by atoms with van der Waals surface area (Å²) in [7, 11) is 0. The summed E-state index contributed by atoms with van der Waals surface area (Å²) in [5.41, 5.74) is 2.23. The van der Waals surface area contributed by atoms with Crippen molar-refractivity contribution in [1.29, 1.82) is 0 Å². The lowest BCUT2D eigenvalue weighted by Gasteiger charge is -2.12. The Hall–Kier alpha value is -3.19. The maximum absolute atomic E-state index is 12.5. The smallest absolute Gasteiger partial charge is 0.252 e. The summed E-state index contributed by atoms with van der Waals surface area (Å²) in [6.45, 7) is 1.82. The molecule has 0 saturated carbocycles. The first-order valence-electron chi connectivity index (χ1n) is 8.41. The summed E-state index contributed by atoms with van der Waals surface area (Å²) in [6, 6.07) is 14.0. The van der Waals surface area contributed by atoms with Crippen LogP contribution in [0.5, 0.6) is 0 Å². The Morgan fingerprint density at radius 1 is 1.22 bits per heavy atom. The number of nitrogens with one attached hydrogen (secondary N) is 2. The number of benzene rings is 2. The molecule has 0 radical (unpaired) electrons. The Labute approximate surface area is 160 Å². The number of halogens is 1. The van der Waals surface area contributed by atoms with Crippen molar-refractivity contribution in [3.8, 4) is 11.4 Å². The maximum Gasteiger partial charge on any atom is 0.252 e. The van der Waals surface area contributed by atoms with Gasteiger partial charge in [0.2, 0.25) is 11.9 Å². The highest BCUT2D eigenvalue weighted by atomic mass is 35.5. The molecule has 7 nitrogen and oxygen atoms in total.